The third-order valence-corrected chi connectivity index (χ3v) is 4.14. The largest absolute Gasteiger partial charge is 0.497 e. The lowest BCUT2D eigenvalue weighted by molar-refractivity contribution is -0.120. The number of methoxy groups -OCH3 is 2. The molecule has 0 radical (unpaired) electrons. The second-order valence-corrected chi connectivity index (χ2v) is 6.01. The van der Waals surface area contributed by atoms with Gasteiger partial charge in [-0.3, -0.25) is 4.79 Å². The smallest absolute Gasteiger partial charge is 0.224 e. The van der Waals surface area contributed by atoms with Crippen molar-refractivity contribution in [2.24, 2.45) is 0 Å². The third-order valence-electron chi connectivity index (χ3n) is 4.14. The summed E-state index contributed by atoms with van der Waals surface area (Å²) in [6.45, 7) is 6.76. The number of nitrogens with one attached hydrogen (secondary N) is 1. The van der Waals surface area contributed by atoms with Crippen LogP contribution in [-0.4, -0.2) is 20.1 Å². The molecule has 0 aliphatic heterocycles. The predicted octanol–water partition coefficient (Wildman–Crippen LogP) is 3.49. The molecule has 2 aromatic carbocycles. The van der Waals surface area contributed by atoms with E-state index in [-0.39, 0.29) is 12.3 Å². The minimum Gasteiger partial charge on any atom is -0.497 e. The van der Waals surface area contributed by atoms with Crippen molar-refractivity contribution in [2.75, 3.05) is 14.2 Å². The molecule has 128 valence electrons. The second-order valence-electron chi connectivity index (χ2n) is 6.01. The zero-order chi connectivity index (χ0) is 17.7. The van der Waals surface area contributed by atoms with Crippen molar-refractivity contribution >= 4 is 5.91 Å². The number of carbonyl (C=O) groups is 1. The molecule has 0 saturated heterocycles. The van der Waals surface area contributed by atoms with Crippen LogP contribution < -0.4 is 14.8 Å². The van der Waals surface area contributed by atoms with Gasteiger partial charge < -0.3 is 14.8 Å². The Morgan fingerprint density at radius 1 is 1.00 bits per heavy atom. The molecule has 1 amide bonds. The van der Waals surface area contributed by atoms with Crippen LogP contribution in [-0.2, 0) is 17.8 Å². The number of benzene rings is 2. The molecule has 2 aromatic rings. The molecule has 1 N–H and O–H groups in total. The molecule has 0 bridgehead atoms. The Bertz CT molecular complexity index is 715. The highest BCUT2D eigenvalue weighted by atomic mass is 16.5. The summed E-state index contributed by atoms with van der Waals surface area (Å²) in [7, 11) is 3.21. The van der Waals surface area contributed by atoms with Gasteiger partial charge in [-0.1, -0.05) is 17.7 Å². The van der Waals surface area contributed by atoms with Gasteiger partial charge in [-0.15, -0.1) is 0 Å². The summed E-state index contributed by atoms with van der Waals surface area (Å²) in [5.74, 6) is 1.36. The molecule has 0 unspecified atom stereocenters. The molecule has 0 fully saturated rings. The summed E-state index contributed by atoms with van der Waals surface area (Å²) < 4.78 is 10.5. The van der Waals surface area contributed by atoms with Crippen LogP contribution in [0, 0.1) is 20.8 Å². The summed E-state index contributed by atoms with van der Waals surface area (Å²) in [6, 6.07) is 9.74. The number of amides is 1. The van der Waals surface area contributed by atoms with E-state index < -0.39 is 0 Å². The van der Waals surface area contributed by atoms with Crippen molar-refractivity contribution in [3.8, 4) is 11.5 Å². The van der Waals surface area contributed by atoms with Gasteiger partial charge in [0.1, 0.15) is 11.5 Å². The predicted molar refractivity (Wildman–Crippen MR) is 95.7 cm³/mol. The van der Waals surface area contributed by atoms with Crippen molar-refractivity contribution in [1.82, 2.24) is 5.32 Å². The average Bonchev–Trinajstić information content (AvgIpc) is 2.53. The number of hydrogen-bond acceptors (Lipinski definition) is 3. The van der Waals surface area contributed by atoms with E-state index in [1.54, 1.807) is 14.2 Å². The highest BCUT2D eigenvalue weighted by Gasteiger charge is 2.11. The maximum atomic E-state index is 12.3. The first-order valence-electron chi connectivity index (χ1n) is 7.99. The molecule has 0 aliphatic rings. The maximum Gasteiger partial charge on any atom is 0.224 e. The van der Waals surface area contributed by atoms with Crippen molar-refractivity contribution in [1.29, 1.82) is 0 Å². The van der Waals surface area contributed by atoms with Gasteiger partial charge in [0.05, 0.1) is 20.6 Å². The summed E-state index contributed by atoms with van der Waals surface area (Å²) in [6.07, 6.45) is 0.254. The number of hydrogen-bond donors (Lipinski definition) is 1. The second kappa shape index (κ2) is 7.86. The fourth-order valence-corrected chi connectivity index (χ4v) is 2.93. The third kappa shape index (κ3) is 4.28. The maximum absolute atomic E-state index is 12.3. The highest BCUT2D eigenvalue weighted by Crippen LogP contribution is 2.24. The van der Waals surface area contributed by atoms with Crippen LogP contribution >= 0.6 is 0 Å². The minimum absolute atomic E-state index is 0.0408. The lowest BCUT2D eigenvalue weighted by atomic mass is 10.00. The molecule has 4 heteroatoms. The first-order valence-corrected chi connectivity index (χ1v) is 7.99. The van der Waals surface area contributed by atoms with Crippen LogP contribution in [0.5, 0.6) is 11.5 Å². The zero-order valence-corrected chi connectivity index (χ0v) is 15.0. The molecular formula is C20H25NO3. The molecule has 0 atom stereocenters. The zero-order valence-electron chi connectivity index (χ0n) is 15.0. The molecule has 0 aromatic heterocycles. The molecule has 0 heterocycles. The van der Waals surface area contributed by atoms with E-state index in [0.717, 1.165) is 5.56 Å². The van der Waals surface area contributed by atoms with E-state index in [9.17, 15) is 4.79 Å². The molecule has 0 aliphatic carbocycles. The first kappa shape index (κ1) is 17.9. The molecule has 0 saturated carbocycles. The summed E-state index contributed by atoms with van der Waals surface area (Å²) in [5, 5.41) is 3.00. The van der Waals surface area contributed by atoms with E-state index in [4.69, 9.17) is 9.47 Å². The Morgan fingerprint density at radius 2 is 1.67 bits per heavy atom. The van der Waals surface area contributed by atoms with E-state index in [1.165, 1.54) is 22.3 Å². The number of ether oxygens (including phenoxy) is 2. The fourth-order valence-electron chi connectivity index (χ4n) is 2.93. The van der Waals surface area contributed by atoms with E-state index in [2.05, 4.69) is 38.2 Å². The monoisotopic (exact) mass is 327 g/mol. The Balaban J connectivity index is 2.07. The van der Waals surface area contributed by atoms with Gasteiger partial charge in [0.25, 0.3) is 0 Å². The Labute approximate surface area is 143 Å². The quantitative estimate of drug-likeness (QED) is 0.883. The van der Waals surface area contributed by atoms with Crippen molar-refractivity contribution in [2.45, 2.75) is 33.7 Å². The van der Waals surface area contributed by atoms with Crippen molar-refractivity contribution in [3.05, 3.63) is 58.1 Å². The Kier molecular flexibility index (Phi) is 5.85. The lowest BCUT2D eigenvalue weighted by Crippen LogP contribution is -2.25. The standard InChI is InChI=1S/C20H25NO3/c1-13-8-14(2)18(15(3)9-13)12-21-20(22)11-16-10-17(23-4)6-7-19(16)24-5/h6-10H,11-12H2,1-5H3,(H,21,22). The SMILES string of the molecule is COc1ccc(OC)c(CC(=O)NCc2c(C)cc(C)cc2C)c1. The summed E-state index contributed by atoms with van der Waals surface area (Å²) in [5.41, 5.74) is 5.62. The lowest BCUT2D eigenvalue weighted by Gasteiger charge is -2.14. The summed E-state index contributed by atoms with van der Waals surface area (Å²) >= 11 is 0. The van der Waals surface area contributed by atoms with Gasteiger partial charge in [-0.2, -0.15) is 0 Å². The van der Waals surface area contributed by atoms with Crippen LogP contribution in [0.1, 0.15) is 27.8 Å². The van der Waals surface area contributed by atoms with Gasteiger partial charge in [0.2, 0.25) is 5.91 Å². The van der Waals surface area contributed by atoms with E-state index in [0.29, 0.717) is 18.0 Å². The normalized spacial score (nSPS) is 10.4. The Hall–Kier alpha value is -2.49. The molecular weight excluding hydrogens is 302 g/mol. The van der Waals surface area contributed by atoms with Gasteiger partial charge in [-0.25, -0.2) is 0 Å². The minimum atomic E-state index is -0.0408. The Morgan fingerprint density at radius 3 is 2.25 bits per heavy atom. The van der Waals surface area contributed by atoms with Crippen LogP contribution in [0.25, 0.3) is 0 Å². The average molecular weight is 327 g/mol. The number of aryl methyl sites for hydroxylation is 3. The van der Waals surface area contributed by atoms with E-state index in [1.807, 2.05) is 18.2 Å². The van der Waals surface area contributed by atoms with Crippen LogP contribution in [0.3, 0.4) is 0 Å². The first-order chi connectivity index (χ1) is 11.4. The van der Waals surface area contributed by atoms with E-state index >= 15 is 0 Å². The highest BCUT2D eigenvalue weighted by molar-refractivity contribution is 5.79. The number of carbonyl (C=O) groups excluding carboxylic acids is 1. The summed E-state index contributed by atoms with van der Waals surface area (Å²) in [4.78, 5) is 12.3. The van der Waals surface area contributed by atoms with Crippen molar-refractivity contribution in [3.63, 3.8) is 0 Å². The van der Waals surface area contributed by atoms with Gasteiger partial charge in [0.15, 0.2) is 0 Å². The molecule has 0 spiro atoms. The molecule has 4 nitrogen and oxygen atoms in total. The van der Waals surface area contributed by atoms with Crippen LogP contribution in [0.15, 0.2) is 30.3 Å². The molecule has 2 rings (SSSR count). The van der Waals surface area contributed by atoms with Crippen LogP contribution in [0.2, 0.25) is 0 Å². The van der Waals surface area contributed by atoms with Crippen LogP contribution in [0.4, 0.5) is 0 Å². The van der Waals surface area contributed by atoms with Gasteiger partial charge in [0, 0.05) is 12.1 Å². The topological polar surface area (TPSA) is 47.6 Å². The molecule has 24 heavy (non-hydrogen) atoms. The fraction of sp³-hybridized carbons (Fsp3) is 0.350. The van der Waals surface area contributed by atoms with Gasteiger partial charge >= 0.3 is 0 Å². The van der Waals surface area contributed by atoms with Gasteiger partial charge in [-0.05, 0) is 55.7 Å². The van der Waals surface area contributed by atoms with Crippen molar-refractivity contribution < 1.29 is 14.3 Å². The number of rotatable bonds is 6.